The molecule has 1 aromatic carbocycles. The Labute approximate surface area is 167 Å². The first-order chi connectivity index (χ1) is 13.5. The molecule has 1 fully saturated rings. The molecule has 0 bridgehead atoms. The average molecular weight is 406 g/mol. The van der Waals surface area contributed by atoms with Crippen molar-refractivity contribution >= 4 is 8.03 Å². The highest BCUT2D eigenvalue weighted by atomic mass is 31.1. The van der Waals surface area contributed by atoms with Gasteiger partial charge in [0.2, 0.25) is 0 Å². The number of hydrogen-bond donors (Lipinski definition) is 3. The van der Waals surface area contributed by atoms with Crippen molar-refractivity contribution in [2.45, 2.75) is 63.3 Å². The number of aliphatic hydroxyl groups is 1. The van der Waals surface area contributed by atoms with E-state index in [9.17, 15) is 14.6 Å². The highest BCUT2D eigenvalue weighted by Crippen LogP contribution is 2.40. The fourth-order valence-corrected chi connectivity index (χ4v) is 5.37. The van der Waals surface area contributed by atoms with Crippen LogP contribution >= 0.6 is 8.03 Å². The number of hydrogen-bond acceptors (Lipinski definition) is 5. The zero-order chi connectivity index (χ0) is 19.9. The normalized spacial score (nSPS) is 19.8. The molecule has 0 radical (unpaired) electrons. The van der Waals surface area contributed by atoms with Gasteiger partial charge in [-0.05, 0) is 43.7 Å². The summed E-state index contributed by atoms with van der Waals surface area (Å²) in [6.07, 6.45) is 6.86. The van der Waals surface area contributed by atoms with Gasteiger partial charge in [-0.25, -0.2) is 0 Å². The van der Waals surface area contributed by atoms with Gasteiger partial charge in [0.25, 0.3) is 0 Å². The second-order valence-corrected chi connectivity index (χ2v) is 9.28. The summed E-state index contributed by atoms with van der Waals surface area (Å²) in [5, 5.41) is 17.6. The molecule has 1 aromatic heterocycles. The Hall–Kier alpha value is -1.46. The third kappa shape index (κ3) is 5.77. The smallest absolute Gasteiger partial charge is 0.192 e. The molecule has 2 aromatic rings. The summed E-state index contributed by atoms with van der Waals surface area (Å²) >= 11 is 0. The maximum atomic E-state index is 11.9. The maximum absolute atomic E-state index is 11.9. The first-order valence-corrected chi connectivity index (χ1v) is 11.6. The van der Waals surface area contributed by atoms with Crippen LogP contribution in [0.15, 0.2) is 41.1 Å². The van der Waals surface area contributed by atoms with Crippen LogP contribution in [0.1, 0.15) is 57.1 Å². The fourth-order valence-electron chi connectivity index (χ4n) is 4.16. The first-order valence-electron chi connectivity index (χ1n) is 10.2. The number of nitrogens with one attached hydrogen (secondary N) is 1. The van der Waals surface area contributed by atoms with Gasteiger partial charge in [-0.3, -0.25) is 4.57 Å². The molecule has 0 saturated heterocycles. The first kappa shape index (κ1) is 21.3. The van der Waals surface area contributed by atoms with E-state index in [2.05, 4.69) is 10.5 Å². The minimum absolute atomic E-state index is 0.0387. The zero-order valence-electron chi connectivity index (χ0n) is 16.4. The number of benzene rings is 1. The lowest BCUT2D eigenvalue weighted by atomic mass is 9.85. The van der Waals surface area contributed by atoms with E-state index in [1.54, 1.807) is 6.20 Å². The van der Waals surface area contributed by atoms with Crippen LogP contribution in [0.3, 0.4) is 0 Å². The summed E-state index contributed by atoms with van der Waals surface area (Å²) in [6, 6.07) is 9.88. The van der Waals surface area contributed by atoms with E-state index in [1.807, 2.05) is 37.3 Å². The summed E-state index contributed by atoms with van der Waals surface area (Å²) < 4.78 is 17.1. The minimum atomic E-state index is -2.64. The van der Waals surface area contributed by atoms with Gasteiger partial charge >= 0.3 is 0 Å². The minimum Gasteiger partial charge on any atom is -0.392 e. The van der Waals surface area contributed by atoms with Crippen molar-refractivity contribution in [3.63, 3.8) is 0 Å². The highest BCUT2D eigenvalue weighted by Gasteiger charge is 2.29. The van der Waals surface area contributed by atoms with Gasteiger partial charge in [-0.1, -0.05) is 42.6 Å². The van der Waals surface area contributed by atoms with Gasteiger partial charge in [-0.2, -0.15) is 0 Å². The molecule has 154 valence electrons. The second-order valence-electron chi connectivity index (χ2n) is 7.86. The molecule has 3 N–H and O–H groups in total. The van der Waals surface area contributed by atoms with Crippen molar-refractivity contribution in [3.8, 4) is 11.3 Å². The molecular weight excluding hydrogens is 375 g/mol. The van der Waals surface area contributed by atoms with E-state index >= 15 is 0 Å². The summed E-state index contributed by atoms with van der Waals surface area (Å²) in [4.78, 5) is 9.79. The Balaban J connectivity index is 1.54. The molecule has 1 heterocycles. The van der Waals surface area contributed by atoms with E-state index in [-0.39, 0.29) is 17.6 Å². The Morgan fingerprint density at radius 2 is 2.07 bits per heavy atom. The number of nitrogens with zero attached hydrogens (tertiary/aromatic N) is 1. The monoisotopic (exact) mass is 406 g/mol. The summed E-state index contributed by atoms with van der Waals surface area (Å²) in [7, 11) is -2.64. The van der Waals surface area contributed by atoms with Crippen molar-refractivity contribution in [1.82, 2.24) is 10.5 Å². The molecule has 28 heavy (non-hydrogen) atoms. The van der Waals surface area contributed by atoms with E-state index in [0.29, 0.717) is 13.0 Å². The quantitative estimate of drug-likeness (QED) is 0.541. The van der Waals surface area contributed by atoms with Crippen molar-refractivity contribution in [2.75, 3.05) is 6.54 Å². The summed E-state index contributed by atoms with van der Waals surface area (Å²) in [5.74, 6) is 0.994. The van der Waals surface area contributed by atoms with E-state index in [1.165, 1.54) is 6.42 Å². The predicted octanol–water partition coefficient (Wildman–Crippen LogP) is 4.16. The van der Waals surface area contributed by atoms with Crippen molar-refractivity contribution in [2.24, 2.45) is 5.92 Å². The molecule has 7 heteroatoms. The highest BCUT2D eigenvalue weighted by molar-refractivity contribution is 7.38. The largest absolute Gasteiger partial charge is 0.392 e. The van der Waals surface area contributed by atoms with Crippen LogP contribution in [0.25, 0.3) is 11.3 Å². The van der Waals surface area contributed by atoms with Crippen LogP contribution in [0.5, 0.6) is 0 Å². The van der Waals surface area contributed by atoms with Crippen LogP contribution in [0.4, 0.5) is 0 Å². The second kappa shape index (κ2) is 10.4. The van der Waals surface area contributed by atoms with Crippen molar-refractivity contribution in [3.05, 3.63) is 42.1 Å². The molecule has 3 rings (SSSR count). The van der Waals surface area contributed by atoms with Gasteiger partial charge in [0.05, 0.1) is 12.3 Å². The Morgan fingerprint density at radius 3 is 2.75 bits per heavy atom. The van der Waals surface area contributed by atoms with Crippen LogP contribution in [-0.4, -0.2) is 33.5 Å². The van der Waals surface area contributed by atoms with Gasteiger partial charge < -0.3 is 19.8 Å². The molecular formula is C21H31N2O4P. The predicted molar refractivity (Wildman–Crippen MR) is 111 cm³/mol. The molecule has 3 unspecified atom stereocenters. The van der Waals surface area contributed by atoms with Gasteiger partial charge in [0.15, 0.2) is 13.8 Å². The standard InChI is InChI=1S/C21H31N2O4P/c1-15(17-8-5-9-18(12-17)20-10-11-23-27-20)22-14-19(24)13-21(28(25)26)16-6-3-2-4-7-16/h5,8-12,15-16,19,21-22,24,28H,2-4,6-7,13-14H2,1H3,(H,25,26)/t15?,19-,21?/m0/s1. The molecule has 1 saturated carbocycles. The summed E-state index contributed by atoms with van der Waals surface area (Å²) in [6.45, 7) is 2.44. The van der Waals surface area contributed by atoms with E-state index in [0.717, 1.165) is 42.6 Å². The van der Waals surface area contributed by atoms with E-state index in [4.69, 9.17) is 4.52 Å². The maximum Gasteiger partial charge on any atom is 0.192 e. The van der Waals surface area contributed by atoms with Gasteiger partial charge in [0, 0.05) is 29.9 Å². The third-order valence-electron chi connectivity index (χ3n) is 5.83. The lowest BCUT2D eigenvalue weighted by Crippen LogP contribution is -2.33. The molecule has 1 aliphatic carbocycles. The van der Waals surface area contributed by atoms with Gasteiger partial charge in [0.1, 0.15) is 0 Å². The third-order valence-corrected chi connectivity index (χ3v) is 7.17. The van der Waals surface area contributed by atoms with Crippen LogP contribution in [0, 0.1) is 5.92 Å². The number of aromatic nitrogens is 1. The Kier molecular flexibility index (Phi) is 7.86. The zero-order valence-corrected chi connectivity index (χ0v) is 17.4. The molecule has 6 nitrogen and oxygen atoms in total. The number of rotatable bonds is 9. The molecule has 1 aliphatic rings. The van der Waals surface area contributed by atoms with Crippen LogP contribution in [0.2, 0.25) is 0 Å². The molecule has 0 amide bonds. The molecule has 0 aliphatic heterocycles. The molecule has 4 atom stereocenters. The Bertz CT molecular complexity index is 747. The van der Waals surface area contributed by atoms with Crippen LogP contribution in [-0.2, 0) is 4.57 Å². The van der Waals surface area contributed by atoms with E-state index < -0.39 is 14.1 Å². The topological polar surface area (TPSA) is 95.6 Å². The van der Waals surface area contributed by atoms with Crippen molar-refractivity contribution in [1.29, 1.82) is 0 Å². The molecule has 0 spiro atoms. The lowest BCUT2D eigenvalue weighted by Gasteiger charge is -2.30. The Morgan fingerprint density at radius 1 is 1.29 bits per heavy atom. The van der Waals surface area contributed by atoms with Gasteiger partial charge in [-0.15, -0.1) is 0 Å². The fraction of sp³-hybridized carbons (Fsp3) is 0.571. The lowest BCUT2D eigenvalue weighted by molar-refractivity contribution is 0.144. The summed E-state index contributed by atoms with van der Waals surface area (Å²) in [5.41, 5.74) is 1.77. The SMILES string of the molecule is CC(NC[C@@H](O)CC(C1CCCCC1)[PH](=O)O)c1cccc(-c2ccno2)c1. The average Bonchev–Trinajstić information content (AvgIpc) is 3.25. The number of aliphatic hydroxyl groups excluding tert-OH is 1. The van der Waals surface area contributed by atoms with Crippen LogP contribution < -0.4 is 5.32 Å². The van der Waals surface area contributed by atoms with Crippen molar-refractivity contribution < 1.29 is 19.1 Å².